The molecular formula is C52H92O6. The van der Waals surface area contributed by atoms with Crippen LogP contribution in [0.5, 0.6) is 0 Å². The van der Waals surface area contributed by atoms with Gasteiger partial charge in [0.1, 0.15) is 13.2 Å². The Morgan fingerprint density at radius 2 is 0.672 bits per heavy atom. The molecule has 0 spiro atoms. The maximum Gasteiger partial charge on any atom is 0.306 e. The van der Waals surface area contributed by atoms with E-state index in [2.05, 4.69) is 69.4 Å². The van der Waals surface area contributed by atoms with E-state index >= 15 is 0 Å². The minimum Gasteiger partial charge on any atom is -0.462 e. The molecule has 58 heavy (non-hydrogen) atoms. The molecule has 1 atom stereocenters. The molecule has 0 saturated carbocycles. The van der Waals surface area contributed by atoms with Crippen molar-refractivity contribution < 1.29 is 28.6 Å². The van der Waals surface area contributed by atoms with Gasteiger partial charge >= 0.3 is 17.9 Å². The van der Waals surface area contributed by atoms with Crippen LogP contribution in [0, 0.1) is 0 Å². The normalized spacial score (nSPS) is 12.4. The van der Waals surface area contributed by atoms with Gasteiger partial charge in [-0.05, 0) is 77.0 Å². The molecule has 0 aromatic carbocycles. The number of carbonyl (C=O) groups is 3. The molecule has 0 aromatic heterocycles. The summed E-state index contributed by atoms with van der Waals surface area (Å²) in [6.07, 6.45) is 55.2. The number of esters is 3. The van der Waals surface area contributed by atoms with Crippen LogP contribution < -0.4 is 0 Å². The fourth-order valence-electron chi connectivity index (χ4n) is 6.86. The molecule has 6 nitrogen and oxygen atoms in total. The number of hydrogen-bond donors (Lipinski definition) is 0. The van der Waals surface area contributed by atoms with Gasteiger partial charge in [0.2, 0.25) is 0 Å². The molecule has 0 radical (unpaired) electrons. The molecule has 0 bridgehead atoms. The lowest BCUT2D eigenvalue weighted by Gasteiger charge is -2.18. The first kappa shape index (κ1) is 55.4. The molecule has 6 heteroatoms. The molecule has 0 aliphatic rings. The topological polar surface area (TPSA) is 78.9 Å². The molecule has 0 aliphatic heterocycles. The van der Waals surface area contributed by atoms with Crippen molar-refractivity contribution in [1.82, 2.24) is 0 Å². The third-order valence-corrected chi connectivity index (χ3v) is 10.6. The van der Waals surface area contributed by atoms with Crippen LogP contribution in [-0.4, -0.2) is 37.2 Å². The molecule has 0 saturated heterocycles. The van der Waals surface area contributed by atoms with E-state index in [9.17, 15) is 14.4 Å². The molecule has 336 valence electrons. The molecule has 0 rings (SSSR count). The van der Waals surface area contributed by atoms with Crippen molar-refractivity contribution >= 4 is 17.9 Å². The molecule has 1 unspecified atom stereocenters. The minimum atomic E-state index is -0.782. The first-order chi connectivity index (χ1) is 28.5. The Balaban J connectivity index is 4.35. The number of hydrogen-bond acceptors (Lipinski definition) is 6. The number of carbonyl (C=O) groups excluding carboxylic acids is 3. The van der Waals surface area contributed by atoms with Crippen LogP contribution in [0.1, 0.15) is 245 Å². The molecule has 0 fully saturated rings. The SMILES string of the molecule is CC/C=C\C/C=C\C/C=C\CCCCCCC(=O)OC(COC(=O)CCCCCCCCC/C=C\CCCCCCCC)COC(=O)CCCCCCCCCCC. The smallest absolute Gasteiger partial charge is 0.306 e. The predicted octanol–water partition coefficient (Wildman–Crippen LogP) is 15.9. The van der Waals surface area contributed by atoms with Crippen LogP contribution in [0.3, 0.4) is 0 Å². The predicted molar refractivity (Wildman–Crippen MR) is 247 cm³/mol. The lowest BCUT2D eigenvalue weighted by molar-refractivity contribution is -0.167. The third-order valence-electron chi connectivity index (χ3n) is 10.6. The molecule has 0 aliphatic carbocycles. The lowest BCUT2D eigenvalue weighted by atomic mass is 10.1. The molecular weight excluding hydrogens is 721 g/mol. The van der Waals surface area contributed by atoms with Crippen LogP contribution >= 0.6 is 0 Å². The van der Waals surface area contributed by atoms with Crippen LogP contribution in [0.4, 0.5) is 0 Å². The summed E-state index contributed by atoms with van der Waals surface area (Å²) in [4.78, 5) is 37.8. The Morgan fingerprint density at radius 1 is 0.362 bits per heavy atom. The highest BCUT2D eigenvalue weighted by Gasteiger charge is 2.19. The quantitative estimate of drug-likeness (QED) is 0.0264. The summed E-state index contributed by atoms with van der Waals surface area (Å²) in [7, 11) is 0. The van der Waals surface area contributed by atoms with Gasteiger partial charge in [0, 0.05) is 19.3 Å². The Morgan fingerprint density at radius 3 is 1.07 bits per heavy atom. The van der Waals surface area contributed by atoms with Crippen molar-refractivity contribution in [3.63, 3.8) is 0 Å². The van der Waals surface area contributed by atoms with Gasteiger partial charge in [0.05, 0.1) is 0 Å². The first-order valence-electron chi connectivity index (χ1n) is 24.6. The lowest BCUT2D eigenvalue weighted by Crippen LogP contribution is -2.30. The van der Waals surface area contributed by atoms with Gasteiger partial charge in [0.25, 0.3) is 0 Å². The summed E-state index contributed by atoms with van der Waals surface area (Å²) in [5.41, 5.74) is 0. The van der Waals surface area contributed by atoms with E-state index in [0.29, 0.717) is 19.3 Å². The van der Waals surface area contributed by atoms with Gasteiger partial charge in [-0.3, -0.25) is 14.4 Å². The van der Waals surface area contributed by atoms with Crippen LogP contribution in [0.2, 0.25) is 0 Å². The summed E-state index contributed by atoms with van der Waals surface area (Å²) in [6.45, 7) is 6.48. The van der Waals surface area contributed by atoms with Crippen LogP contribution in [-0.2, 0) is 28.6 Å². The minimum absolute atomic E-state index is 0.0822. The molecule has 0 N–H and O–H groups in total. The highest BCUT2D eigenvalue weighted by Crippen LogP contribution is 2.14. The number of allylic oxidation sites excluding steroid dienone is 8. The van der Waals surface area contributed by atoms with Crippen LogP contribution in [0.15, 0.2) is 48.6 Å². The van der Waals surface area contributed by atoms with E-state index in [1.807, 2.05) is 0 Å². The van der Waals surface area contributed by atoms with Crippen LogP contribution in [0.25, 0.3) is 0 Å². The zero-order valence-electron chi connectivity index (χ0n) is 38.3. The molecule has 0 amide bonds. The Labute approximate surface area is 358 Å². The molecule has 0 heterocycles. The largest absolute Gasteiger partial charge is 0.462 e. The van der Waals surface area contributed by atoms with Crippen molar-refractivity contribution in [2.45, 2.75) is 252 Å². The zero-order valence-corrected chi connectivity index (χ0v) is 38.3. The second-order valence-electron chi connectivity index (χ2n) is 16.3. The second kappa shape index (κ2) is 47.1. The van der Waals surface area contributed by atoms with E-state index in [4.69, 9.17) is 14.2 Å². The summed E-state index contributed by atoms with van der Waals surface area (Å²) in [5.74, 6) is -0.908. The number of ether oxygens (including phenoxy) is 3. The van der Waals surface area contributed by atoms with E-state index in [0.717, 1.165) is 89.9 Å². The fraction of sp³-hybridized carbons (Fsp3) is 0.788. The van der Waals surface area contributed by atoms with Gasteiger partial charge < -0.3 is 14.2 Å². The highest BCUT2D eigenvalue weighted by atomic mass is 16.6. The van der Waals surface area contributed by atoms with Gasteiger partial charge in [0.15, 0.2) is 6.10 Å². The molecule has 0 aromatic rings. The van der Waals surface area contributed by atoms with Crippen molar-refractivity contribution in [2.75, 3.05) is 13.2 Å². The Hall–Kier alpha value is -2.63. The van der Waals surface area contributed by atoms with E-state index in [-0.39, 0.29) is 31.1 Å². The van der Waals surface area contributed by atoms with E-state index in [1.165, 1.54) is 116 Å². The monoisotopic (exact) mass is 813 g/mol. The average molecular weight is 813 g/mol. The fourth-order valence-corrected chi connectivity index (χ4v) is 6.86. The van der Waals surface area contributed by atoms with Crippen molar-refractivity contribution in [1.29, 1.82) is 0 Å². The summed E-state index contributed by atoms with van der Waals surface area (Å²) in [5, 5.41) is 0. The van der Waals surface area contributed by atoms with Gasteiger partial charge in [-0.25, -0.2) is 0 Å². The Kier molecular flexibility index (Phi) is 44.9. The van der Waals surface area contributed by atoms with Crippen molar-refractivity contribution in [3.05, 3.63) is 48.6 Å². The summed E-state index contributed by atoms with van der Waals surface area (Å²) < 4.78 is 16.7. The van der Waals surface area contributed by atoms with Gasteiger partial charge in [-0.2, -0.15) is 0 Å². The average Bonchev–Trinajstić information content (AvgIpc) is 3.22. The van der Waals surface area contributed by atoms with E-state index < -0.39 is 6.10 Å². The van der Waals surface area contributed by atoms with E-state index in [1.54, 1.807) is 0 Å². The summed E-state index contributed by atoms with van der Waals surface area (Å²) in [6, 6.07) is 0. The number of rotatable bonds is 44. The Bertz CT molecular complexity index is 1030. The maximum absolute atomic E-state index is 12.7. The summed E-state index contributed by atoms with van der Waals surface area (Å²) >= 11 is 0. The first-order valence-corrected chi connectivity index (χ1v) is 24.6. The van der Waals surface area contributed by atoms with Crippen molar-refractivity contribution in [3.8, 4) is 0 Å². The number of unbranched alkanes of at least 4 members (excludes halogenated alkanes) is 25. The third kappa shape index (κ3) is 44.5. The van der Waals surface area contributed by atoms with Gasteiger partial charge in [-0.1, -0.05) is 198 Å². The standard InChI is InChI=1S/C52H92O6/c1-4-7-10-13-16-19-21-23-25-26-27-29-30-33-36-39-42-45-51(54)57-48-49(47-56-50(53)44-41-38-35-32-18-15-12-9-6-3)58-52(55)46-43-40-37-34-31-28-24-22-20-17-14-11-8-5-2/h8,11,17,20,23-25,28,49H,4-7,9-10,12-16,18-19,21-22,26-27,29-48H2,1-3H3/b11-8-,20-17-,25-23-,28-24-. The second-order valence-corrected chi connectivity index (χ2v) is 16.3. The van der Waals surface area contributed by atoms with Gasteiger partial charge in [-0.15, -0.1) is 0 Å². The van der Waals surface area contributed by atoms with Crippen molar-refractivity contribution in [2.24, 2.45) is 0 Å². The zero-order chi connectivity index (χ0) is 42.3. The maximum atomic E-state index is 12.7. The highest BCUT2D eigenvalue weighted by molar-refractivity contribution is 5.71.